The van der Waals surface area contributed by atoms with E-state index in [9.17, 15) is 17.6 Å². The second-order valence-electron chi connectivity index (χ2n) is 6.57. The molecular formula is C19H20Cl2FN3O3S. The maximum absolute atomic E-state index is 13.4. The first kappa shape index (κ1) is 21.8. The van der Waals surface area contributed by atoms with E-state index in [2.05, 4.69) is 5.32 Å². The summed E-state index contributed by atoms with van der Waals surface area (Å²) >= 11 is 11.8. The molecule has 0 unspecified atom stereocenters. The van der Waals surface area contributed by atoms with Crippen LogP contribution in [0, 0.1) is 5.82 Å². The first-order chi connectivity index (χ1) is 13.8. The number of carbonyl (C=O) groups is 1. The van der Waals surface area contributed by atoms with Gasteiger partial charge in [0.2, 0.25) is 10.0 Å². The highest BCUT2D eigenvalue weighted by Crippen LogP contribution is 2.23. The molecule has 0 aromatic heterocycles. The molecule has 1 heterocycles. The number of hydrogen-bond acceptors (Lipinski definition) is 3. The van der Waals surface area contributed by atoms with E-state index >= 15 is 0 Å². The largest absolute Gasteiger partial charge is 0.334 e. The molecule has 156 valence electrons. The maximum Gasteiger partial charge on any atom is 0.317 e. The third-order valence-electron chi connectivity index (χ3n) is 4.66. The highest BCUT2D eigenvalue weighted by Gasteiger charge is 2.28. The Morgan fingerprint density at radius 1 is 1.03 bits per heavy atom. The van der Waals surface area contributed by atoms with Crippen LogP contribution in [-0.2, 0) is 16.6 Å². The van der Waals surface area contributed by atoms with Crippen LogP contribution in [0.3, 0.4) is 0 Å². The minimum Gasteiger partial charge on any atom is -0.334 e. The molecule has 3 rings (SSSR count). The topological polar surface area (TPSA) is 69.7 Å². The van der Waals surface area contributed by atoms with E-state index < -0.39 is 15.8 Å². The molecular weight excluding hydrogens is 440 g/mol. The zero-order valence-corrected chi connectivity index (χ0v) is 17.8. The Bertz CT molecular complexity index is 1000. The van der Waals surface area contributed by atoms with E-state index in [4.69, 9.17) is 23.2 Å². The summed E-state index contributed by atoms with van der Waals surface area (Å²) in [5, 5.41) is 3.13. The van der Waals surface area contributed by atoms with E-state index in [1.807, 2.05) is 18.2 Å². The van der Waals surface area contributed by atoms with Crippen molar-refractivity contribution >= 4 is 39.3 Å². The molecule has 2 amide bonds. The minimum absolute atomic E-state index is 0.0690. The van der Waals surface area contributed by atoms with Crippen molar-refractivity contribution in [1.29, 1.82) is 0 Å². The van der Waals surface area contributed by atoms with Gasteiger partial charge in [-0.1, -0.05) is 41.4 Å². The first-order valence-electron chi connectivity index (χ1n) is 9.00. The Labute approximate surface area is 179 Å². The molecule has 1 fully saturated rings. The van der Waals surface area contributed by atoms with Crippen molar-refractivity contribution in [2.24, 2.45) is 0 Å². The molecule has 1 saturated heterocycles. The normalized spacial score (nSPS) is 15.8. The molecule has 1 aliphatic heterocycles. The lowest BCUT2D eigenvalue weighted by molar-refractivity contribution is 0.200. The van der Waals surface area contributed by atoms with Crippen molar-refractivity contribution in [3.05, 3.63) is 63.9 Å². The Morgan fingerprint density at radius 3 is 2.52 bits per heavy atom. The summed E-state index contributed by atoms with van der Waals surface area (Å²) in [6, 6.07) is 10.3. The average Bonchev–Trinajstić information content (AvgIpc) is 2.96. The van der Waals surface area contributed by atoms with Gasteiger partial charge < -0.3 is 10.2 Å². The highest BCUT2D eigenvalue weighted by atomic mass is 35.5. The van der Waals surface area contributed by atoms with Crippen LogP contribution < -0.4 is 5.32 Å². The third-order valence-corrected chi connectivity index (χ3v) is 7.21. The first-order valence-corrected chi connectivity index (χ1v) is 11.2. The van der Waals surface area contributed by atoms with Crippen molar-refractivity contribution in [2.75, 3.05) is 26.2 Å². The Kier molecular flexibility index (Phi) is 7.00. The van der Waals surface area contributed by atoms with Crippen LogP contribution in [0.25, 0.3) is 0 Å². The molecule has 2 aromatic carbocycles. The number of sulfonamides is 1. The number of benzene rings is 2. The van der Waals surface area contributed by atoms with Crippen molar-refractivity contribution in [1.82, 2.24) is 14.5 Å². The van der Waals surface area contributed by atoms with E-state index in [0.717, 1.165) is 17.7 Å². The molecule has 10 heteroatoms. The number of nitrogens with one attached hydrogen (secondary N) is 1. The van der Waals surface area contributed by atoms with Crippen molar-refractivity contribution < 1.29 is 17.6 Å². The summed E-state index contributed by atoms with van der Waals surface area (Å²) in [5.74, 6) is -0.678. The third kappa shape index (κ3) is 5.19. The second kappa shape index (κ2) is 9.30. The van der Waals surface area contributed by atoms with Crippen LogP contribution in [0.15, 0.2) is 47.4 Å². The lowest BCUT2D eigenvalue weighted by Gasteiger charge is -2.22. The van der Waals surface area contributed by atoms with Crippen LogP contribution in [0.2, 0.25) is 10.0 Å². The molecule has 2 aromatic rings. The van der Waals surface area contributed by atoms with Crippen LogP contribution >= 0.6 is 23.2 Å². The lowest BCUT2D eigenvalue weighted by atomic mass is 10.2. The van der Waals surface area contributed by atoms with Gasteiger partial charge in [0, 0.05) is 37.7 Å². The van der Waals surface area contributed by atoms with E-state index in [1.165, 1.54) is 10.4 Å². The van der Waals surface area contributed by atoms with Crippen LogP contribution in [0.5, 0.6) is 0 Å². The van der Waals surface area contributed by atoms with Crippen molar-refractivity contribution in [3.8, 4) is 0 Å². The number of urea groups is 1. The molecule has 0 spiro atoms. The highest BCUT2D eigenvalue weighted by molar-refractivity contribution is 7.89. The predicted molar refractivity (Wildman–Crippen MR) is 110 cm³/mol. The molecule has 0 radical (unpaired) electrons. The van der Waals surface area contributed by atoms with E-state index in [0.29, 0.717) is 18.0 Å². The molecule has 0 atom stereocenters. The maximum atomic E-state index is 13.4. The van der Waals surface area contributed by atoms with Crippen molar-refractivity contribution in [3.63, 3.8) is 0 Å². The molecule has 1 aliphatic rings. The standard InChI is InChI=1S/C19H20Cl2FN3O3S/c20-16-5-2-1-4-14(16)13-23-19(26)24-8-3-9-25(11-10-24)29(27,28)15-6-7-18(22)17(21)12-15/h1-2,4-7,12H,3,8-11,13H2,(H,23,26). The van der Waals surface area contributed by atoms with Gasteiger partial charge in [0.15, 0.2) is 0 Å². The van der Waals surface area contributed by atoms with Gasteiger partial charge in [-0.3, -0.25) is 0 Å². The molecule has 0 saturated carbocycles. The smallest absolute Gasteiger partial charge is 0.317 e. The summed E-state index contributed by atoms with van der Waals surface area (Å²) in [4.78, 5) is 14.0. The fourth-order valence-corrected chi connectivity index (χ4v) is 4.99. The Morgan fingerprint density at radius 2 is 1.79 bits per heavy atom. The Hall–Kier alpha value is -1.87. The monoisotopic (exact) mass is 459 g/mol. The van der Waals surface area contributed by atoms with E-state index in [-0.39, 0.29) is 42.1 Å². The van der Waals surface area contributed by atoms with Gasteiger partial charge in [-0.05, 0) is 36.2 Å². The van der Waals surface area contributed by atoms with Gasteiger partial charge in [0.25, 0.3) is 0 Å². The summed E-state index contributed by atoms with van der Waals surface area (Å²) in [6.45, 7) is 1.33. The number of carbonyl (C=O) groups excluding carboxylic acids is 1. The fraction of sp³-hybridized carbons (Fsp3) is 0.316. The SMILES string of the molecule is O=C(NCc1ccccc1Cl)N1CCCN(S(=O)(=O)c2ccc(F)c(Cl)c2)CC1. The molecule has 6 nitrogen and oxygen atoms in total. The van der Waals surface area contributed by atoms with Gasteiger partial charge in [-0.15, -0.1) is 0 Å². The predicted octanol–water partition coefficient (Wildman–Crippen LogP) is 3.74. The summed E-state index contributed by atoms with van der Waals surface area (Å²) < 4.78 is 40.3. The van der Waals surface area contributed by atoms with Gasteiger partial charge in [0.1, 0.15) is 5.82 Å². The summed E-state index contributed by atoms with van der Waals surface area (Å²) in [7, 11) is -3.83. The summed E-state index contributed by atoms with van der Waals surface area (Å²) in [6.07, 6.45) is 0.480. The average molecular weight is 460 g/mol. The minimum atomic E-state index is -3.83. The van der Waals surface area contributed by atoms with Crippen LogP contribution in [0.1, 0.15) is 12.0 Å². The lowest BCUT2D eigenvalue weighted by Crippen LogP contribution is -2.42. The number of halogens is 3. The van der Waals surface area contributed by atoms with E-state index in [1.54, 1.807) is 11.0 Å². The number of nitrogens with zero attached hydrogens (tertiary/aromatic N) is 2. The number of rotatable bonds is 4. The zero-order chi connectivity index (χ0) is 21.0. The van der Waals surface area contributed by atoms with Crippen molar-refractivity contribution in [2.45, 2.75) is 17.9 Å². The quantitative estimate of drug-likeness (QED) is 0.756. The van der Waals surface area contributed by atoms with Gasteiger partial charge >= 0.3 is 6.03 Å². The zero-order valence-electron chi connectivity index (χ0n) is 15.4. The van der Waals surface area contributed by atoms with Gasteiger partial charge in [0.05, 0.1) is 9.92 Å². The Balaban J connectivity index is 1.63. The molecule has 0 aliphatic carbocycles. The number of hydrogen-bond donors (Lipinski definition) is 1. The fourth-order valence-electron chi connectivity index (χ4n) is 3.05. The molecule has 29 heavy (non-hydrogen) atoms. The summed E-state index contributed by atoms with van der Waals surface area (Å²) in [5.41, 5.74) is 0.801. The van der Waals surface area contributed by atoms with Gasteiger partial charge in [-0.2, -0.15) is 4.31 Å². The molecule has 1 N–H and O–H groups in total. The number of amides is 2. The van der Waals surface area contributed by atoms with Crippen LogP contribution in [-0.4, -0.2) is 49.8 Å². The molecule has 0 bridgehead atoms. The second-order valence-corrected chi connectivity index (χ2v) is 9.32. The van der Waals surface area contributed by atoms with Crippen LogP contribution in [0.4, 0.5) is 9.18 Å². The van der Waals surface area contributed by atoms with Gasteiger partial charge in [-0.25, -0.2) is 17.6 Å².